The molecule has 1 saturated heterocycles. The smallest absolute Gasteiger partial charge is 0.387 e. The van der Waals surface area contributed by atoms with E-state index >= 15 is 0 Å². The zero-order chi connectivity index (χ0) is 19.2. The van der Waals surface area contributed by atoms with E-state index in [4.69, 9.17) is 0 Å². The van der Waals surface area contributed by atoms with Gasteiger partial charge < -0.3 is 20.3 Å². The van der Waals surface area contributed by atoms with Crippen LogP contribution in [0.2, 0.25) is 0 Å². The lowest BCUT2D eigenvalue weighted by Crippen LogP contribution is -2.30. The molecular weight excluding hydrogens is 356 g/mol. The molecule has 2 N–H and O–H groups in total. The van der Waals surface area contributed by atoms with E-state index in [1.807, 2.05) is 0 Å². The molecule has 0 bridgehead atoms. The van der Waals surface area contributed by atoms with Crippen LogP contribution in [0.5, 0.6) is 5.75 Å². The molecule has 2 aromatic carbocycles. The molecule has 1 aliphatic heterocycles. The second-order valence-corrected chi connectivity index (χ2v) is 5.96. The standard InChI is InChI=1S/C19H19F2N3O3/c20-18(21)27-16-9-4-1-6-13(16)12-22-19(26)23-14-7-2-3-8-15(14)24-11-5-10-17(24)25/h1-4,6-9,18H,5,10-12H2,(H2,22,23,26). The summed E-state index contributed by atoms with van der Waals surface area (Å²) in [5.74, 6) is 0.0265. The summed E-state index contributed by atoms with van der Waals surface area (Å²) in [5.41, 5.74) is 1.56. The Morgan fingerprint density at radius 3 is 2.63 bits per heavy atom. The summed E-state index contributed by atoms with van der Waals surface area (Å²) in [7, 11) is 0. The molecule has 0 radical (unpaired) electrons. The van der Waals surface area contributed by atoms with Crippen LogP contribution in [0.1, 0.15) is 18.4 Å². The van der Waals surface area contributed by atoms with Crippen LogP contribution in [0.15, 0.2) is 48.5 Å². The summed E-state index contributed by atoms with van der Waals surface area (Å²) in [6.45, 7) is -2.32. The number of hydrogen-bond acceptors (Lipinski definition) is 3. The highest BCUT2D eigenvalue weighted by Gasteiger charge is 2.24. The molecule has 1 aliphatic rings. The molecule has 3 rings (SSSR count). The van der Waals surface area contributed by atoms with Gasteiger partial charge in [0.1, 0.15) is 5.75 Å². The minimum Gasteiger partial charge on any atom is -0.434 e. The zero-order valence-corrected chi connectivity index (χ0v) is 14.5. The fourth-order valence-corrected chi connectivity index (χ4v) is 2.92. The Hall–Kier alpha value is -3.16. The molecule has 3 amide bonds. The number of para-hydroxylation sites is 3. The Labute approximate surface area is 155 Å². The van der Waals surface area contributed by atoms with Gasteiger partial charge in [0.25, 0.3) is 0 Å². The Balaban J connectivity index is 1.65. The second kappa shape index (κ2) is 8.48. The van der Waals surface area contributed by atoms with E-state index in [-0.39, 0.29) is 18.2 Å². The third-order valence-electron chi connectivity index (χ3n) is 4.14. The van der Waals surface area contributed by atoms with E-state index in [0.29, 0.717) is 29.9 Å². The van der Waals surface area contributed by atoms with Crippen LogP contribution in [0.3, 0.4) is 0 Å². The molecule has 0 saturated carbocycles. The fraction of sp³-hybridized carbons (Fsp3) is 0.263. The topological polar surface area (TPSA) is 70.7 Å². The summed E-state index contributed by atoms with van der Waals surface area (Å²) >= 11 is 0. The normalized spacial score (nSPS) is 13.7. The second-order valence-electron chi connectivity index (χ2n) is 5.96. The quantitative estimate of drug-likeness (QED) is 0.808. The highest BCUT2D eigenvalue weighted by atomic mass is 19.3. The minimum atomic E-state index is -2.94. The van der Waals surface area contributed by atoms with Crippen molar-refractivity contribution in [2.24, 2.45) is 0 Å². The van der Waals surface area contributed by atoms with E-state index in [1.54, 1.807) is 47.4 Å². The lowest BCUT2D eigenvalue weighted by atomic mass is 10.2. The number of hydrogen-bond donors (Lipinski definition) is 2. The number of halogens is 2. The van der Waals surface area contributed by atoms with Crippen LogP contribution in [0.4, 0.5) is 25.0 Å². The van der Waals surface area contributed by atoms with Crippen LogP contribution < -0.4 is 20.3 Å². The average molecular weight is 375 g/mol. The van der Waals surface area contributed by atoms with E-state index in [2.05, 4.69) is 15.4 Å². The van der Waals surface area contributed by atoms with Crippen LogP contribution in [-0.2, 0) is 11.3 Å². The molecule has 0 aromatic heterocycles. The van der Waals surface area contributed by atoms with Crippen LogP contribution in [0.25, 0.3) is 0 Å². The molecule has 142 valence electrons. The number of benzene rings is 2. The largest absolute Gasteiger partial charge is 0.434 e. The van der Waals surface area contributed by atoms with Crippen molar-refractivity contribution in [1.29, 1.82) is 0 Å². The molecule has 27 heavy (non-hydrogen) atoms. The predicted octanol–water partition coefficient (Wildman–Crippen LogP) is 3.74. The van der Waals surface area contributed by atoms with E-state index in [9.17, 15) is 18.4 Å². The van der Waals surface area contributed by atoms with E-state index < -0.39 is 12.6 Å². The number of rotatable bonds is 6. The fourth-order valence-electron chi connectivity index (χ4n) is 2.92. The van der Waals surface area contributed by atoms with Crippen molar-refractivity contribution in [3.63, 3.8) is 0 Å². The van der Waals surface area contributed by atoms with Crippen LogP contribution >= 0.6 is 0 Å². The molecule has 0 aliphatic carbocycles. The molecule has 0 atom stereocenters. The van der Waals surface area contributed by atoms with Gasteiger partial charge in [-0.1, -0.05) is 30.3 Å². The number of nitrogens with zero attached hydrogens (tertiary/aromatic N) is 1. The number of carbonyl (C=O) groups is 2. The van der Waals surface area contributed by atoms with Gasteiger partial charge in [0.15, 0.2) is 0 Å². The SMILES string of the molecule is O=C(NCc1ccccc1OC(F)F)Nc1ccccc1N1CCCC1=O. The third-order valence-corrected chi connectivity index (χ3v) is 4.14. The maximum absolute atomic E-state index is 12.5. The minimum absolute atomic E-state index is 0.0101. The molecule has 1 heterocycles. The maximum atomic E-state index is 12.5. The zero-order valence-electron chi connectivity index (χ0n) is 14.5. The number of carbonyl (C=O) groups excluding carboxylic acids is 2. The predicted molar refractivity (Wildman–Crippen MR) is 97.0 cm³/mol. The number of nitrogens with one attached hydrogen (secondary N) is 2. The van der Waals surface area contributed by atoms with Crippen molar-refractivity contribution in [1.82, 2.24) is 5.32 Å². The van der Waals surface area contributed by atoms with Crippen LogP contribution in [0, 0.1) is 0 Å². The monoisotopic (exact) mass is 375 g/mol. The number of amides is 3. The molecule has 0 spiro atoms. The van der Waals surface area contributed by atoms with Crippen molar-refractivity contribution in [2.45, 2.75) is 26.0 Å². The van der Waals surface area contributed by atoms with Gasteiger partial charge in [0.2, 0.25) is 5.91 Å². The van der Waals surface area contributed by atoms with Crippen molar-refractivity contribution in [3.8, 4) is 5.75 Å². The first-order valence-corrected chi connectivity index (χ1v) is 8.51. The molecule has 2 aromatic rings. The maximum Gasteiger partial charge on any atom is 0.387 e. The van der Waals surface area contributed by atoms with E-state index in [1.165, 1.54) is 6.07 Å². The number of anilines is 2. The summed E-state index contributed by atoms with van der Waals surface area (Å²) in [5, 5.41) is 5.32. The first kappa shape index (κ1) is 18.6. The molecule has 1 fully saturated rings. The summed E-state index contributed by atoms with van der Waals surface area (Å²) < 4.78 is 29.4. The Morgan fingerprint density at radius 1 is 1.15 bits per heavy atom. The summed E-state index contributed by atoms with van der Waals surface area (Å²) in [6, 6.07) is 12.8. The Morgan fingerprint density at radius 2 is 1.89 bits per heavy atom. The molecule has 6 nitrogen and oxygen atoms in total. The summed E-state index contributed by atoms with van der Waals surface area (Å²) in [6.07, 6.45) is 1.27. The van der Waals surface area contributed by atoms with Gasteiger partial charge in [-0.2, -0.15) is 8.78 Å². The Kier molecular flexibility index (Phi) is 5.85. The third kappa shape index (κ3) is 4.72. The average Bonchev–Trinajstić information content (AvgIpc) is 3.07. The lowest BCUT2D eigenvalue weighted by molar-refractivity contribution is -0.117. The van der Waals surface area contributed by atoms with Gasteiger partial charge in [0.05, 0.1) is 11.4 Å². The highest BCUT2D eigenvalue weighted by molar-refractivity contribution is 6.01. The van der Waals surface area contributed by atoms with E-state index in [0.717, 1.165) is 6.42 Å². The summed E-state index contributed by atoms with van der Waals surface area (Å²) in [4.78, 5) is 25.9. The molecule has 0 unspecified atom stereocenters. The van der Waals surface area contributed by atoms with Crippen molar-refractivity contribution < 1.29 is 23.1 Å². The molecular formula is C19H19F2N3O3. The van der Waals surface area contributed by atoms with Crippen molar-refractivity contribution >= 4 is 23.3 Å². The van der Waals surface area contributed by atoms with Crippen LogP contribution in [-0.4, -0.2) is 25.1 Å². The number of ether oxygens (including phenoxy) is 1. The van der Waals surface area contributed by atoms with Gasteiger partial charge in [-0.3, -0.25) is 4.79 Å². The van der Waals surface area contributed by atoms with Gasteiger partial charge >= 0.3 is 12.6 Å². The highest BCUT2D eigenvalue weighted by Crippen LogP contribution is 2.29. The van der Waals surface area contributed by atoms with Crippen molar-refractivity contribution in [2.75, 3.05) is 16.8 Å². The first-order chi connectivity index (χ1) is 13.0. The molecule has 8 heteroatoms. The van der Waals surface area contributed by atoms with Crippen molar-refractivity contribution in [3.05, 3.63) is 54.1 Å². The first-order valence-electron chi connectivity index (χ1n) is 8.51. The van der Waals surface area contributed by atoms with Gasteiger partial charge in [-0.25, -0.2) is 4.79 Å². The van der Waals surface area contributed by atoms with Gasteiger partial charge in [-0.15, -0.1) is 0 Å². The number of urea groups is 1. The Bertz CT molecular complexity index is 829. The number of alkyl halides is 2. The van der Waals surface area contributed by atoms with Gasteiger partial charge in [-0.05, 0) is 24.6 Å². The van der Waals surface area contributed by atoms with Gasteiger partial charge in [0, 0.05) is 25.1 Å². The lowest BCUT2D eigenvalue weighted by Gasteiger charge is -2.20.